The van der Waals surface area contributed by atoms with Crippen LogP contribution in [0.5, 0.6) is 0 Å². The van der Waals surface area contributed by atoms with Gasteiger partial charge in [0.15, 0.2) is 8.77 Å². The Morgan fingerprint density at radius 3 is 2.33 bits per heavy atom. The van der Waals surface area contributed by atoms with Gasteiger partial charge in [-0.15, -0.1) is 5.11 Å². The van der Waals surface area contributed by atoms with E-state index in [9.17, 15) is 8.76 Å². The van der Waals surface area contributed by atoms with Crippen molar-refractivity contribution in [3.05, 3.63) is 48.5 Å². The van der Waals surface area contributed by atoms with Gasteiger partial charge in [-0.3, -0.25) is 0 Å². The lowest BCUT2D eigenvalue weighted by Crippen LogP contribution is -2.10. The molecule has 0 aliphatic rings. The third kappa shape index (κ3) is 4.07. The fourth-order valence-electron chi connectivity index (χ4n) is 1.71. The summed E-state index contributed by atoms with van der Waals surface area (Å²) >= 11 is 4.59. The van der Waals surface area contributed by atoms with Gasteiger partial charge in [-0.05, 0) is 30.3 Å². The van der Waals surface area contributed by atoms with E-state index in [0.717, 1.165) is 5.69 Å². The van der Waals surface area contributed by atoms with Crippen molar-refractivity contribution in [1.29, 1.82) is 0 Å². The van der Waals surface area contributed by atoms with Crippen molar-refractivity contribution in [1.82, 2.24) is 0 Å². The number of rotatable bonds is 4. The Bertz CT molecular complexity index is 757. The van der Waals surface area contributed by atoms with E-state index in [2.05, 4.69) is 21.4 Å². The molecule has 0 amide bonds. The largest absolute Gasteiger partial charge is 0.376 e. The van der Waals surface area contributed by atoms with Crippen LogP contribution in [0.25, 0.3) is 0 Å². The van der Waals surface area contributed by atoms with Crippen molar-refractivity contribution in [2.75, 3.05) is 19.0 Å². The van der Waals surface area contributed by atoms with Gasteiger partial charge >= 0.3 is 0 Å². The third-order valence-corrected chi connectivity index (χ3v) is 4.18. The second kappa shape index (κ2) is 6.30. The molecule has 0 heterocycles. The van der Waals surface area contributed by atoms with Gasteiger partial charge < -0.3 is 9.45 Å². The van der Waals surface area contributed by atoms with Crippen molar-refractivity contribution in [2.45, 2.75) is 4.90 Å². The minimum atomic E-state index is -3.41. The maximum absolute atomic E-state index is 11.6. The number of nitrogens with zero attached hydrogens (tertiary/aromatic N) is 3. The molecule has 110 valence electrons. The molecule has 0 radical (unpaired) electrons. The lowest BCUT2D eigenvalue weighted by Gasteiger charge is -2.15. The molecule has 1 unspecified atom stereocenters. The van der Waals surface area contributed by atoms with Gasteiger partial charge in [-0.1, -0.05) is 18.2 Å². The van der Waals surface area contributed by atoms with E-state index < -0.39 is 8.77 Å². The molecular formula is C14H15N3O2S2. The van der Waals surface area contributed by atoms with Crippen molar-refractivity contribution in [3.63, 3.8) is 0 Å². The van der Waals surface area contributed by atoms with Gasteiger partial charge in [0.25, 0.3) is 0 Å². The normalized spacial score (nSPS) is 14.0. The predicted octanol–water partition coefficient (Wildman–Crippen LogP) is 3.75. The van der Waals surface area contributed by atoms with Crippen molar-refractivity contribution in [3.8, 4) is 0 Å². The Morgan fingerprint density at radius 1 is 1.10 bits per heavy atom. The van der Waals surface area contributed by atoms with E-state index in [4.69, 9.17) is 0 Å². The van der Waals surface area contributed by atoms with Crippen LogP contribution in [0.3, 0.4) is 0 Å². The summed E-state index contributed by atoms with van der Waals surface area (Å²) in [5.74, 6) is 0. The van der Waals surface area contributed by atoms with Crippen molar-refractivity contribution < 1.29 is 8.76 Å². The van der Waals surface area contributed by atoms with Crippen LogP contribution >= 0.6 is 0 Å². The summed E-state index contributed by atoms with van der Waals surface area (Å²) in [6.45, 7) is 0. The zero-order valence-corrected chi connectivity index (χ0v) is 13.3. The summed E-state index contributed by atoms with van der Waals surface area (Å²) in [6.07, 6.45) is 0. The number of azo groups is 1. The van der Waals surface area contributed by atoms with E-state index in [1.165, 1.54) is 6.07 Å². The van der Waals surface area contributed by atoms with Crippen LogP contribution in [0.15, 0.2) is 63.7 Å². The zero-order valence-electron chi connectivity index (χ0n) is 11.6. The molecule has 0 saturated carbocycles. The molecule has 0 aromatic heterocycles. The number of hydrogen-bond donors (Lipinski definition) is 1. The monoisotopic (exact) mass is 321 g/mol. The summed E-state index contributed by atoms with van der Waals surface area (Å²) in [7, 11) is 0.237. The Balaban J connectivity index is 2.42. The highest BCUT2D eigenvalue weighted by molar-refractivity contribution is 8.29. The Labute approximate surface area is 128 Å². The highest BCUT2D eigenvalue weighted by Crippen LogP contribution is 2.31. The second-order valence-corrected chi connectivity index (χ2v) is 7.33. The van der Waals surface area contributed by atoms with E-state index in [1.807, 2.05) is 44.4 Å². The van der Waals surface area contributed by atoms with Gasteiger partial charge in [0.05, 0.1) is 16.3 Å². The van der Waals surface area contributed by atoms with Gasteiger partial charge in [-0.25, -0.2) is 4.21 Å². The fraction of sp³-hybridized carbons (Fsp3) is 0.143. The van der Waals surface area contributed by atoms with Gasteiger partial charge in [0, 0.05) is 25.3 Å². The Hall–Kier alpha value is -1.83. The van der Waals surface area contributed by atoms with E-state index >= 15 is 0 Å². The number of anilines is 1. The predicted molar refractivity (Wildman–Crippen MR) is 87.8 cm³/mol. The average molecular weight is 321 g/mol. The summed E-state index contributed by atoms with van der Waals surface area (Å²) < 4.78 is 21.0. The van der Waals surface area contributed by atoms with Crippen LogP contribution in [0.2, 0.25) is 0 Å². The molecule has 2 aromatic rings. The summed E-state index contributed by atoms with van der Waals surface area (Å²) in [5.41, 5.74) is 2.02. The number of benzene rings is 2. The van der Waals surface area contributed by atoms with Crippen LogP contribution in [0, 0.1) is 0 Å². The maximum atomic E-state index is 11.6. The molecule has 1 atom stereocenters. The molecule has 2 aromatic carbocycles. The van der Waals surface area contributed by atoms with Crippen LogP contribution in [-0.2, 0) is 20.0 Å². The molecule has 0 aliphatic heterocycles. The standard InChI is InChI=1S/C14H15N3O2S2/c1-17(2)14-10-12(21(18,19)20)8-9-13(14)16-15-11-6-4-3-5-7-11/h3-10H,1-2H3,(H,18,19,20). The van der Waals surface area contributed by atoms with Crippen LogP contribution in [0.4, 0.5) is 17.1 Å². The van der Waals surface area contributed by atoms with E-state index in [1.54, 1.807) is 17.0 Å². The van der Waals surface area contributed by atoms with Gasteiger partial charge in [0.1, 0.15) is 5.69 Å². The third-order valence-electron chi connectivity index (χ3n) is 2.76. The quantitative estimate of drug-likeness (QED) is 0.871. The smallest absolute Gasteiger partial charge is 0.171 e. The SMILES string of the molecule is CN(C)c1cc(S(=O)(O)=S)ccc1N=Nc1ccccc1. The Kier molecular flexibility index (Phi) is 4.66. The Morgan fingerprint density at radius 2 is 1.76 bits per heavy atom. The topological polar surface area (TPSA) is 65.3 Å². The van der Waals surface area contributed by atoms with Crippen LogP contribution < -0.4 is 4.90 Å². The average Bonchev–Trinajstić information content (AvgIpc) is 2.45. The van der Waals surface area contributed by atoms with Crippen LogP contribution in [0.1, 0.15) is 0 Å². The molecule has 0 saturated heterocycles. The molecule has 21 heavy (non-hydrogen) atoms. The zero-order chi connectivity index (χ0) is 15.5. The molecule has 1 N–H and O–H groups in total. The van der Waals surface area contributed by atoms with E-state index in [-0.39, 0.29) is 4.90 Å². The first-order valence-electron chi connectivity index (χ1n) is 6.13. The molecule has 7 heteroatoms. The summed E-state index contributed by atoms with van der Waals surface area (Å²) in [6, 6.07) is 14.1. The van der Waals surface area contributed by atoms with Gasteiger partial charge in [-0.2, -0.15) is 5.11 Å². The van der Waals surface area contributed by atoms with Crippen molar-refractivity contribution >= 4 is 37.0 Å². The first-order valence-corrected chi connectivity index (χ1v) is 8.57. The maximum Gasteiger partial charge on any atom is 0.171 e. The molecule has 0 spiro atoms. The van der Waals surface area contributed by atoms with Gasteiger partial charge in [0.2, 0.25) is 0 Å². The minimum absolute atomic E-state index is 0.194. The molecule has 0 fully saturated rings. The van der Waals surface area contributed by atoms with Crippen LogP contribution in [-0.4, -0.2) is 22.9 Å². The highest BCUT2D eigenvalue weighted by atomic mass is 32.8. The molecular weight excluding hydrogens is 306 g/mol. The van der Waals surface area contributed by atoms with Crippen molar-refractivity contribution in [2.24, 2.45) is 10.2 Å². The lowest BCUT2D eigenvalue weighted by atomic mass is 10.2. The molecule has 0 bridgehead atoms. The summed E-state index contributed by atoms with van der Waals surface area (Å²) in [5, 5.41) is 8.35. The fourth-order valence-corrected chi connectivity index (χ4v) is 2.52. The lowest BCUT2D eigenvalue weighted by molar-refractivity contribution is 0.561. The first kappa shape index (κ1) is 15.6. The second-order valence-electron chi connectivity index (χ2n) is 4.56. The molecule has 2 rings (SSSR count). The molecule has 0 aliphatic carbocycles. The number of hydrogen-bond acceptors (Lipinski definition) is 5. The first-order chi connectivity index (χ1) is 9.88. The summed E-state index contributed by atoms with van der Waals surface area (Å²) in [4.78, 5) is 1.99. The minimum Gasteiger partial charge on any atom is -0.376 e. The van der Waals surface area contributed by atoms with E-state index in [0.29, 0.717) is 11.4 Å². The molecule has 5 nitrogen and oxygen atoms in total. The highest BCUT2D eigenvalue weighted by Gasteiger charge is 2.11.